The van der Waals surface area contributed by atoms with E-state index in [-0.39, 0.29) is 6.09 Å². The maximum Gasteiger partial charge on any atom is 0.410 e. The summed E-state index contributed by atoms with van der Waals surface area (Å²) < 4.78 is 7.57. The van der Waals surface area contributed by atoms with Crippen LogP contribution in [0.1, 0.15) is 65.1 Å². The molecule has 3 heterocycles. The molecule has 0 unspecified atom stereocenters. The molecule has 1 aliphatic carbocycles. The Balaban J connectivity index is 1.27. The summed E-state index contributed by atoms with van der Waals surface area (Å²) in [5.74, 6) is 1.10. The van der Waals surface area contributed by atoms with E-state index in [1.54, 1.807) is 6.33 Å². The first-order valence-electron chi connectivity index (χ1n) is 10.4. The average Bonchev–Trinajstić information content (AvgIpc) is 3.09. The lowest BCUT2D eigenvalue weighted by Crippen LogP contribution is -2.49. The highest BCUT2D eigenvalue weighted by molar-refractivity contribution is 5.68. The summed E-state index contributed by atoms with van der Waals surface area (Å²) in [7, 11) is 0. The number of amides is 1. The summed E-state index contributed by atoms with van der Waals surface area (Å²) in [5, 5.41) is 4.28. The number of piperidine rings is 1. The number of hydrogen-bond donors (Lipinski definition) is 0. The van der Waals surface area contributed by atoms with Gasteiger partial charge in [0.2, 0.25) is 0 Å². The van der Waals surface area contributed by atoms with E-state index in [2.05, 4.69) is 15.0 Å². The molecule has 150 valence electrons. The molecule has 27 heavy (non-hydrogen) atoms. The van der Waals surface area contributed by atoms with Crippen LogP contribution < -0.4 is 0 Å². The second kappa shape index (κ2) is 7.08. The molecule has 7 heteroatoms. The molecule has 1 aromatic heterocycles. The van der Waals surface area contributed by atoms with Crippen LogP contribution in [0.15, 0.2) is 6.33 Å². The van der Waals surface area contributed by atoms with Crippen LogP contribution in [-0.2, 0) is 17.8 Å². The second-order valence-electron chi connectivity index (χ2n) is 9.57. The van der Waals surface area contributed by atoms with Crippen LogP contribution in [0.2, 0.25) is 0 Å². The summed E-state index contributed by atoms with van der Waals surface area (Å²) in [6, 6.07) is 0.671. The molecule has 2 aliphatic heterocycles. The number of hydrogen-bond acceptors (Lipinski definition) is 5. The van der Waals surface area contributed by atoms with Gasteiger partial charge in [-0.3, -0.25) is 4.90 Å². The van der Waals surface area contributed by atoms with Gasteiger partial charge in [-0.05, 0) is 64.7 Å². The number of nitrogens with zero attached hydrogens (tertiary/aromatic N) is 5. The van der Waals surface area contributed by atoms with Crippen LogP contribution in [0.4, 0.5) is 4.79 Å². The number of carbonyl (C=O) groups excluding carboxylic acids is 1. The summed E-state index contributed by atoms with van der Waals surface area (Å²) in [5.41, 5.74) is 0.0216. The largest absolute Gasteiger partial charge is 0.444 e. The minimum atomic E-state index is -0.414. The maximum atomic E-state index is 12.3. The molecule has 1 saturated heterocycles. The van der Waals surface area contributed by atoms with Gasteiger partial charge in [0, 0.05) is 25.7 Å². The third-order valence-corrected chi connectivity index (χ3v) is 6.65. The Morgan fingerprint density at radius 3 is 2.48 bits per heavy atom. The fourth-order valence-corrected chi connectivity index (χ4v) is 4.96. The van der Waals surface area contributed by atoms with Crippen molar-refractivity contribution in [3.8, 4) is 0 Å². The van der Waals surface area contributed by atoms with Gasteiger partial charge in [-0.25, -0.2) is 14.5 Å². The van der Waals surface area contributed by atoms with Crippen molar-refractivity contribution in [2.75, 3.05) is 19.6 Å². The quantitative estimate of drug-likeness (QED) is 0.755. The van der Waals surface area contributed by atoms with Gasteiger partial charge in [0.05, 0.1) is 13.1 Å². The fraction of sp³-hybridized carbons (Fsp3) is 0.850. The van der Waals surface area contributed by atoms with Crippen LogP contribution >= 0.6 is 0 Å². The highest BCUT2D eigenvalue weighted by Crippen LogP contribution is 2.46. The molecular formula is C20H33N5O2. The van der Waals surface area contributed by atoms with E-state index in [4.69, 9.17) is 4.74 Å². The van der Waals surface area contributed by atoms with Gasteiger partial charge in [0.15, 0.2) is 0 Å². The number of ether oxygens (including phenoxy) is 1. The van der Waals surface area contributed by atoms with Crippen molar-refractivity contribution in [2.45, 2.75) is 84.0 Å². The Kier molecular flexibility index (Phi) is 4.91. The van der Waals surface area contributed by atoms with Crippen molar-refractivity contribution >= 4 is 6.09 Å². The van der Waals surface area contributed by atoms with E-state index >= 15 is 0 Å². The van der Waals surface area contributed by atoms with Crippen LogP contribution in [0.5, 0.6) is 0 Å². The average molecular weight is 376 g/mol. The summed E-state index contributed by atoms with van der Waals surface area (Å²) in [6.07, 6.45) is 8.85. The van der Waals surface area contributed by atoms with Crippen molar-refractivity contribution in [3.63, 3.8) is 0 Å². The van der Waals surface area contributed by atoms with Crippen molar-refractivity contribution in [2.24, 2.45) is 5.41 Å². The van der Waals surface area contributed by atoms with Gasteiger partial charge in [0.25, 0.3) is 0 Å². The molecule has 1 aromatic rings. The molecule has 1 amide bonds. The zero-order chi connectivity index (χ0) is 19.1. The zero-order valence-corrected chi connectivity index (χ0v) is 17.0. The highest BCUT2D eigenvalue weighted by atomic mass is 16.6. The van der Waals surface area contributed by atoms with Crippen LogP contribution in [-0.4, -0.2) is 61.9 Å². The number of aromatic nitrogens is 3. The lowest BCUT2D eigenvalue weighted by atomic mass is 9.66. The number of likely N-dealkylation sites (tertiary alicyclic amines) is 1. The first-order chi connectivity index (χ1) is 12.8. The lowest BCUT2D eigenvalue weighted by molar-refractivity contribution is -0.00455. The van der Waals surface area contributed by atoms with Crippen molar-refractivity contribution in [3.05, 3.63) is 12.2 Å². The number of fused-ring (bicyclic) bond motifs is 1. The SMILES string of the molecule is CC(C)(C)OC(=O)N1CCC2(CCC(N3CCn4ncnc4C3)CC2)CC1. The zero-order valence-electron chi connectivity index (χ0n) is 17.0. The van der Waals surface area contributed by atoms with Crippen molar-refractivity contribution < 1.29 is 9.53 Å². The van der Waals surface area contributed by atoms with Gasteiger partial charge in [0.1, 0.15) is 17.8 Å². The Morgan fingerprint density at radius 2 is 1.81 bits per heavy atom. The lowest BCUT2D eigenvalue weighted by Gasteiger charge is -2.48. The van der Waals surface area contributed by atoms with Crippen molar-refractivity contribution in [1.82, 2.24) is 24.6 Å². The Hall–Kier alpha value is -1.63. The van der Waals surface area contributed by atoms with E-state index in [9.17, 15) is 4.79 Å². The molecule has 0 aromatic carbocycles. The monoisotopic (exact) mass is 375 g/mol. The van der Waals surface area contributed by atoms with Gasteiger partial charge in [-0.15, -0.1) is 0 Å². The molecule has 0 bridgehead atoms. The van der Waals surface area contributed by atoms with Crippen molar-refractivity contribution in [1.29, 1.82) is 0 Å². The van der Waals surface area contributed by atoms with E-state index < -0.39 is 5.60 Å². The highest BCUT2D eigenvalue weighted by Gasteiger charge is 2.41. The van der Waals surface area contributed by atoms with Crippen LogP contribution in [0.25, 0.3) is 0 Å². The summed E-state index contributed by atoms with van der Waals surface area (Å²) >= 11 is 0. The van der Waals surface area contributed by atoms with E-state index in [0.29, 0.717) is 11.5 Å². The molecule has 3 aliphatic rings. The van der Waals surface area contributed by atoms with Crippen LogP contribution in [0.3, 0.4) is 0 Å². The predicted molar refractivity (Wildman–Crippen MR) is 102 cm³/mol. The first kappa shape index (κ1) is 18.7. The van der Waals surface area contributed by atoms with E-state index in [1.807, 2.05) is 30.4 Å². The fourth-order valence-electron chi connectivity index (χ4n) is 4.96. The predicted octanol–water partition coefficient (Wildman–Crippen LogP) is 3.05. The minimum Gasteiger partial charge on any atom is -0.444 e. The van der Waals surface area contributed by atoms with Gasteiger partial charge >= 0.3 is 6.09 Å². The number of rotatable bonds is 1. The van der Waals surface area contributed by atoms with Gasteiger partial charge in [-0.2, -0.15) is 5.10 Å². The molecule has 4 rings (SSSR count). The number of carbonyl (C=O) groups is 1. The third-order valence-electron chi connectivity index (χ3n) is 6.65. The molecule has 7 nitrogen and oxygen atoms in total. The molecule has 0 radical (unpaired) electrons. The molecule has 0 atom stereocenters. The molecule has 1 spiro atoms. The van der Waals surface area contributed by atoms with Crippen LogP contribution in [0, 0.1) is 5.41 Å². The van der Waals surface area contributed by atoms with Gasteiger partial charge in [-0.1, -0.05) is 0 Å². The standard InChI is InChI=1S/C20H33N5O2/c1-19(2,3)27-18(26)23-10-8-20(9-11-23)6-4-16(5-7-20)24-12-13-25-17(14-24)21-15-22-25/h15-16H,4-14H2,1-3H3. The summed E-state index contributed by atoms with van der Waals surface area (Å²) in [4.78, 5) is 21.2. The Bertz CT molecular complexity index is 662. The Morgan fingerprint density at radius 1 is 1.11 bits per heavy atom. The van der Waals surface area contributed by atoms with E-state index in [0.717, 1.165) is 51.4 Å². The summed E-state index contributed by atoms with van der Waals surface area (Å²) in [6.45, 7) is 10.5. The smallest absolute Gasteiger partial charge is 0.410 e. The molecule has 1 saturated carbocycles. The maximum absolute atomic E-state index is 12.3. The van der Waals surface area contributed by atoms with Gasteiger partial charge < -0.3 is 9.64 Å². The minimum absolute atomic E-state index is 0.150. The molecule has 2 fully saturated rings. The first-order valence-corrected chi connectivity index (χ1v) is 10.4. The molecule has 0 N–H and O–H groups in total. The normalized spacial score (nSPS) is 24.0. The second-order valence-corrected chi connectivity index (χ2v) is 9.57. The topological polar surface area (TPSA) is 63.5 Å². The molecular weight excluding hydrogens is 342 g/mol. The Labute approximate surface area is 162 Å². The van der Waals surface area contributed by atoms with E-state index in [1.165, 1.54) is 25.7 Å². The third kappa shape index (κ3) is 4.13.